The van der Waals surface area contributed by atoms with Crippen LogP contribution in [0.5, 0.6) is 0 Å². The van der Waals surface area contributed by atoms with E-state index in [-0.39, 0.29) is 17.6 Å². The summed E-state index contributed by atoms with van der Waals surface area (Å²) in [5.41, 5.74) is 0.221. The summed E-state index contributed by atoms with van der Waals surface area (Å²) >= 11 is 0. The number of nitrogens with one attached hydrogen (secondary N) is 1. The molecule has 2 fully saturated rings. The van der Waals surface area contributed by atoms with Gasteiger partial charge >= 0.3 is 11.7 Å². The van der Waals surface area contributed by atoms with Crippen LogP contribution in [0.3, 0.4) is 0 Å². The highest BCUT2D eigenvalue weighted by Gasteiger charge is 2.44. The first kappa shape index (κ1) is 18.8. The van der Waals surface area contributed by atoms with Crippen LogP contribution in [0.1, 0.15) is 25.7 Å². The second kappa shape index (κ2) is 7.30. The average Bonchev–Trinajstić information content (AvgIpc) is 3.23. The first-order chi connectivity index (χ1) is 12.3. The number of hydrogen-bond donors (Lipinski definition) is 1. The third kappa shape index (κ3) is 3.87. The summed E-state index contributed by atoms with van der Waals surface area (Å²) in [6.07, 6.45) is 4.07. The van der Waals surface area contributed by atoms with E-state index in [0.29, 0.717) is 11.8 Å². The molecule has 0 radical (unpaired) electrons. The lowest BCUT2D eigenvalue weighted by molar-refractivity contribution is -0.153. The Morgan fingerprint density at radius 3 is 2.38 bits per heavy atom. The molecule has 1 N–H and O–H groups in total. The molecule has 0 saturated heterocycles. The molecule has 0 aromatic heterocycles. The molecule has 0 aliphatic heterocycles. The van der Waals surface area contributed by atoms with Crippen LogP contribution < -0.4 is 5.32 Å². The number of anilines is 1. The van der Waals surface area contributed by atoms with Gasteiger partial charge in [0, 0.05) is 5.69 Å². The zero-order valence-electron chi connectivity index (χ0n) is 13.9. The Balaban J connectivity index is 1.50. The number of esters is 1. The van der Waals surface area contributed by atoms with Crippen LogP contribution in [-0.4, -0.2) is 32.7 Å². The van der Waals surface area contributed by atoms with Gasteiger partial charge in [0.25, 0.3) is 5.91 Å². The van der Waals surface area contributed by atoms with Gasteiger partial charge in [0.15, 0.2) is 6.61 Å². The van der Waals surface area contributed by atoms with E-state index in [1.165, 1.54) is 12.1 Å². The SMILES string of the molecule is O=C(COC(=O)C1CC2CCC1C2)Nc1ccc(S(=O)(=O)C(F)F)cc1. The maximum absolute atomic E-state index is 12.5. The molecule has 0 spiro atoms. The summed E-state index contributed by atoms with van der Waals surface area (Å²) in [5.74, 6) is -3.61. The molecule has 3 unspecified atom stereocenters. The van der Waals surface area contributed by atoms with Gasteiger partial charge in [0.2, 0.25) is 9.84 Å². The van der Waals surface area contributed by atoms with Crippen molar-refractivity contribution in [1.29, 1.82) is 0 Å². The highest BCUT2D eigenvalue weighted by molar-refractivity contribution is 7.91. The van der Waals surface area contributed by atoms with E-state index in [2.05, 4.69) is 5.32 Å². The lowest BCUT2D eigenvalue weighted by Gasteiger charge is -2.19. The van der Waals surface area contributed by atoms with Crippen LogP contribution in [0.2, 0.25) is 0 Å². The Labute approximate surface area is 149 Å². The minimum Gasteiger partial charge on any atom is -0.455 e. The Morgan fingerprint density at radius 1 is 1.15 bits per heavy atom. The van der Waals surface area contributed by atoms with E-state index in [1.807, 2.05) is 0 Å². The molecule has 2 bridgehead atoms. The topological polar surface area (TPSA) is 89.5 Å². The van der Waals surface area contributed by atoms with E-state index in [1.54, 1.807) is 0 Å². The predicted molar refractivity (Wildman–Crippen MR) is 88.2 cm³/mol. The van der Waals surface area contributed by atoms with Crippen molar-refractivity contribution < 1.29 is 31.5 Å². The zero-order valence-corrected chi connectivity index (χ0v) is 14.7. The molecule has 6 nitrogen and oxygen atoms in total. The fourth-order valence-electron chi connectivity index (χ4n) is 3.81. The van der Waals surface area contributed by atoms with Crippen molar-refractivity contribution in [3.63, 3.8) is 0 Å². The maximum Gasteiger partial charge on any atom is 0.341 e. The molecule has 2 aliphatic carbocycles. The lowest BCUT2D eigenvalue weighted by atomic mass is 9.89. The number of carbonyl (C=O) groups excluding carboxylic acids is 2. The van der Waals surface area contributed by atoms with Gasteiger partial charge in [-0.1, -0.05) is 6.42 Å². The average molecular weight is 387 g/mol. The normalized spacial score (nSPS) is 24.7. The summed E-state index contributed by atoms with van der Waals surface area (Å²) in [4.78, 5) is 23.4. The summed E-state index contributed by atoms with van der Waals surface area (Å²) < 4.78 is 52.7. The van der Waals surface area contributed by atoms with Crippen molar-refractivity contribution >= 4 is 27.4 Å². The fourth-order valence-corrected chi connectivity index (χ4v) is 4.53. The first-order valence-corrected chi connectivity index (χ1v) is 9.90. The summed E-state index contributed by atoms with van der Waals surface area (Å²) in [6, 6.07) is 4.37. The summed E-state index contributed by atoms with van der Waals surface area (Å²) in [5, 5.41) is 2.43. The molecule has 142 valence electrons. The Morgan fingerprint density at radius 2 is 1.85 bits per heavy atom. The Hall–Kier alpha value is -2.03. The number of rotatable bonds is 6. The number of benzene rings is 1. The first-order valence-electron chi connectivity index (χ1n) is 8.36. The second-order valence-corrected chi connectivity index (χ2v) is 8.69. The van der Waals surface area contributed by atoms with E-state index in [9.17, 15) is 26.8 Å². The van der Waals surface area contributed by atoms with Crippen LogP contribution in [0.25, 0.3) is 0 Å². The predicted octanol–water partition coefficient (Wildman–Crippen LogP) is 2.60. The fraction of sp³-hybridized carbons (Fsp3) is 0.529. The molecule has 2 aliphatic rings. The molecule has 0 heterocycles. The van der Waals surface area contributed by atoms with Crippen LogP contribution in [0, 0.1) is 17.8 Å². The number of carbonyl (C=O) groups is 2. The van der Waals surface area contributed by atoms with Gasteiger partial charge in [-0.25, -0.2) is 8.42 Å². The number of halogens is 2. The van der Waals surface area contributed by atoms with Crippen molar-refractivity contribution in [3.8, 4) is 0 Å². The van der Waals surface area contributed by atoms with Crippen LogP contribution >= 0.6 is 0 Å². The standard InChI is InChI=1S/C17H19F2NO5S/c18-17(19)26(23,24)13-5-3-12(4-6-13)20-15(21)9-25-16(22)14-8-10-1-2-11(14)7-10/h3-6,10-11,14,17H,1-2,7-9H2,(H,20,21). The molecular weight excluding hydrogens is 368 g/mol. The molecule has 9 heteroatoms. The highest BCUT2D eigenvalue weighted by Crippen LogP contribution is 2.48. The number of ether oxygens (including phenoxy) is 1. The molecule has 26 heavy (non-hydrogen) atoms. The third-order valence-corrected chi connectivity index (χ3v) is 6.49. The van der Waals surface area contributed by atoms with Gasteiger partial charge in [-0.15, -0.1) is 0 Å². The second-order valence-electron chi connectivity index (χ2n) is 6.77. The van der Waals surface area contributed by atoms with E-state index in [4.69, 9.17) is 4.74 Å². The van der Waals surface area contributed by atoms with Crippen molar-refractivity contribution in [2.45, 2.75) is 36.3 Å². The number of alkyl halides is 2. The van der Waals surface area contributed by atoms with Crippen LogP contribution in [0.15, 0.2) is 29.2 Å². The van der Waals surface area contributed by atoms with E-state index >= 15 is 0 Å². The van der Waals surface area contributed by atoms with Crippen molar-refractivity contribution in [2.24, 2.45) is 17.8 Å². The van der Waals surface area contributed by atoms with Crippen LogP contribution in [-0.2, 0) is 24.2 Å². The summed E-state index contributed by atoms with van der Waals surface area (Å²) in [7, 11) is -4.67. The number of fused-ring (bicyclic) bond motifs is 2. The van der Waals surface area contributed by atoms with Crippen molar-refractivity contribution in [3.05, 3.63) is 24.3 Å². The molecule has 3 rings (SSSR count). The van der Waals surface area contributed by atoms with Gasteiger partial charge in [0.1, 0.15) is 0 Å². The molecule has 2 saturated carbocycles. The highest BCUT2D eigenvalue weighted by atomic mass is 32.2. The third-order valence-electron chi connectivity index (χ3n) is 5.09. The minimum atomic E-state index is -4.67. The minimum absolute atomic E-state index is 0.125. The quantitative estimate of drug-likeness (QED) is 0.758. The van der Waals surface area contributed by atoms with Gasteiger partial charge < -0.3 is 10.1 Å². The van der Waals surface area contributed by atoms with Crippen LogP contribution in [0.4, 0.5) is 14.5 Å². The smallest absolute Gasteiger partial charge is 0.341 e. The van der Waals surface area contributed by atoms with Gasteiger partial charge in [-0.2, -0.15) is 8.78 Å². The van der Waals surface area contributed by atoms with E-state index < -0.39 is 33.0 Å². The van der Waals surface area contributed by atoms with Crippen molar-refractivity contribution in [2.75, 3.05) is 11.9 Å². The van der Waals surface area contributed by atoms with Gasteiger partial charge in [0.05, 0.1) is 10.8 Å². The Kier molecular flexibility index (Phi) is 5.27. The molecule has 1 aromatic rings. The van der Waals surface area contributed by atoms with Crippen molar-refractivity contribution in [1.82, 2.24) is 0 Å². The monoisotopic (exact) mass is 387 g/mol. The van der Waals surface area contributed by atoms with Gasteiger partial charge in [-0.05, 0) is 55.4 Å². The molecule has 1 amide bonds. The number of amides is 1. The molecule has 1 aromatic carbocycles. The van der Waals surface area contributed by atoms with Gasteiger partial charge in [-0.3, -0.25) is 9.59 Å². The lowest BCUT2D eigenvalue weighted by Crippen LogP contribution is -2.27. The largest absolute Gasteiger partial charge is 0.455 e. The number of sulfone groups is 1. The number of hydrogen-bond acceptors (Lipinski definition) is 5. The molecule has 3 atom stereocenters. The maximum atomic E-state index is 12.5. The zero-order chi connectivity index (χ0) is 18.9. The van der Waals surface area contributed by atoms with E-state index in [0.717, 1.165) is 37.8 Å². The Bertz CT molecular complexity index is 794. The summed E-state index contributed by atoms with van der Waals surface area (Å²) in [6.45, 7) is -0.441. The molecular formula is C17H19F2NO5S.